The Hall–Kier alpha value is -1.77. The number of benzene rings is 2. The summed E-state index contributed by atoms with van der Waals surface area (Å²) >= 11 is 9.26. The minimum Gasteiger partial charge on any atom is -0.495 e. The maximum atomic E-state index is 13.1. The second-order valence-corrected chi connectivity index (χ2v) is 8.07. The van der Waals surface area contributed by atoms with E-state index in [1.165, 1.54) is 38.5 Å². The summed E-state index contributed by atoms with van der Waals surface area (Å²) in [5.74, 6) is -0.461. The smallest absolute Gasteiger partial charge is 0.326 e. The van der Waals surface area contributed by atoms with Crippen molar-refractivity contribution in [3.05, 3.63) is 52.0 Å². The van der Waals surface area contributed by atoms with Gasteiger partial charge in [0.1, 0.15) is 12.3 Å². The molecular weight excluding hydrogens is 434 g/mol. The number of hydrogen-bond acceptors (Lipinski definition) is 5. The first-order valence-electron chi connectivity index (χ1n) is 6.98. The molecule has 0 radical (unpaired) electrons. The van der Waals surface area contributed by atoms with Crippen LogP contribution in [0.5, 0.6) is 5.75 Å². The Morgan fingerprint density at radius 1 is 1.16 bits per heavy atom. The van der Waals surface area contributed by atoms with Gasteiger partial charge in [-0.25, -0.2) is 8.42 Å². The predicted molar refractivity (Wildman–Crippen MR) is 98.7 cm³/mol. The molecular formula is C16H15BrClNO5S. The number of methoxy groups -OCH3 is 2. The molecule has 25 heavy (non-hydrogen) atoms. The Balaban J connectivity index is 2.62. The van der Waals surface area contributed by atoms with Crippen molar-refractivity contribution >= 4 is 49.2 Å². The van der Waals surface area contributed by atoms with Crippen molar-refractivity contribution in [2.45, 2.75) is 4.90 Å². The number of hydrogen-bond donors (Lipinski definition) is 0. The van der Waals surface area contributed by atoms with Crippen LogP contribution in [0, 0.1) is 0 Å². The number of sulfonamides is 1. The zero-order chi connectivity index (χ0) is 18.6. The zero-order valence-corrected chi connectivity index (χ0v) is 16.6. The molecule has 0 amide bonds. The summed E-state index contributed by atoms with van der Waals surface area (Å²) < 4.78 is 37.6. The largest absolute Gasteiger partial charge is 0.495 e. The molecule has 0 atom stereocenters. The van der Waals surface area contributed by atoms with Gasteiger partial charge in [0, 0.05) is 9.50 Å². The number of esters is 1. The molecule has 0 aromatic heterocycles. The van der Waals surface area contributed by atoms with Crippen molar-refractivity contribution in [3.8, 4) is 5.75 Å². The Morgan fingerprint density at radius 2 is 1.80 bits per heavy atom. The molecule has 0 aliphatic carbocycles. The minimum absolute atomic E-state index is 0.0154. The fourth-order valence-corrected chi connectivity index (χ4v) is 3.92. The molecule has 0 bridgehead atoms. The van der Waals surface area contributed by atoms with Crippen LogP contribution in [0.2, 0.25) is 5.02 Å². The molecule has 0 N–H and O–H groups in total. The Kier molecular flexibility index (Phi) is 6.31. The number of ether oxygens (including phenoxy) is 2. The predicted octanol–water partition coefficient (Wildman–Crippen LogP) is 3.48. The third-order valence-corrected chi connectivity index (χ3v) is 5.85. The summed E-state index contributed by atoms with van der Waals surface area (Å²) in [7, 11) is -1.47. The van der Waals surface area contributed by atoms with Crippen molar-refractivity contribution in [3.63, 3.8) is 0 Å². The molecule has 0 unspecified atom stereocenters. The molecule has 0 heterocycles. The van der Waals surface area contributed by atoms with Gasteiger partial charge in [-0.3, -0.25) is 9.10 Å². The molecule has 2 rings (SSSR count). The molecule has 0 spiro atoms. The maximum Gasteiger partial charge on any atom is 0.326 e. The second kappa shape index (κ2) is 8.07. The third kappa shape index (κ3) is 4.45. The van der Waals surface area contributed by atoms with Crippen LogP contribution in [-0.4, -0.2) is 35.2 Å². The number of halogens is 2. The average Bonchev–Trinajstić information content (AvgIpc) is 2.59. The van der Waals surface area contributed by atoms with Gasteiger partial charge in [0.2, 0.25) is 0 Å². The fourth-order valence-electron chi connectivity index (χ4n) is 2.07. The topological polar surface area (TPSA) is 72.9 Å². The molecule has 2 aromatic carbocycles. The van der Waals surface area contributed by atoms with Gasteiger partial charge in [-0.05, 0) is 42.5 Å². The van der Waals surface area contributed by atoms with Gasteiger partial charge in [0.25, 0.3) is 10.0 Å². The Morgan fingerprint density at radius 3 is 2.36 bits per heavy atom. The second-order valence-electron chi connectivity index (χ2n) is 4.86. The highest BCUT2D eigenvalue weighted by Gasteiger charge is 2.30. The molecule has 6 nitrogen and oxygen atoms in total. The van der Waals surface area contributed by atoms with Gasteiger partial charge in [-0.2, -0.15) is 0 Å². The van der Waals surface area contributed by atoms with Gasteiger partial charge in [0.15, 0.2) is 0 Å². The van der Waals surface area contributed by atoms with Crippen LogP contribution in [0.3, 0.4) is 0 Å². The van der Waals surface area contributed by atoms with Crippen molar-refractivity contribution in [2.24, 2.45) is 0 Å². The van der Waals surface area contributed by atoms with E-state index < -0.39 is 22.5 Å². The summed E-state index contributed by atoms with van der Waals surface area (Å²) in [5.41, 5.74) is 0.142. The number of anilines is 1. The van der Waals surface area contributed by atoms with E-state index in [1.807, 2.05) is 0 Å². The lowest BCUT2D eigenvalue weighted by atomic mass is 10.3. The van der Waals surface area contributed by atoms with Crippen LogP contribution in [0.15, 0.2) is 51.8 Å². The molecule has 0 fully saturated rings. The number of rotatable bonds is 6. The van der Waals surface area contributed by atoms with Crippen LogP contribution in [0.1, 0.15) is 0 Å². The van der Waals surface area contributed by atoms with Gasteiger partial charge < -0.3 is 9.47 Å². The highest BCUT2D eigenvalue weighted by Crippen LogP contribution is 2.35. The normalized spacial score (nSPS) is 11.0. The fraction of sp³-hybridized carbons (Fsp3) is 0.188. The van der Waals surface area contributed by atoms with E-state index in [0.717, 1.165) is 8.78 Å². The Bertz CT molecular complexity index is 871. The number of nitrogens with zero attached hydrogens (tertiary/aromatic N) is 1. The Labute approximate surface area is 159 Å². The summed E-state index contributed by atoms with van der Waals surface area (Å²) in [5, 5.41) is 0.302. The van der Waals surface area contributed by atoms with Crippen molar-refractivity contribution in [1.29, 1.82) is 0 Å². The first kappa shape index (κ1) is 19.6. The van der Waals surface area contributed by atoms with Gasteiger partial charge >= 0.3 is 5.97 Å². The molecule has 0 saturated heterocycles. The molecule has 0 aliphatic heterocycles. The average molecular weight is 449 g/mol. The van der Waals surface area contributed by atoms with Gasteiger partial charge in [0.05, 0.1) is 24.8 Å². The molecule has 9 heteroatoms. The standard InChI is InChI=1S/C16H15BrClNO5S/c1-23-15-8-5-12(18)9-14(15)19(10-16(20)24-2)25(21,22)13-6-3-11(17)4-7-13/h3-9H,10H2,1-2H3. The van der Waals surface area contributed by atoms with E-state index in [0.29, 0.717) is 5.02 Å². The van der Waals surface area contributed by atoms with Crippen molar-refractivity contribution in [2.75, 3.05) is 25.1 Å². The molecule has 134 valence electrons. The quantitative estimate of drug-likeness (QED) is 0.633. The minimum atomic E-state index is -4.05. The highest BCUT2D eigenvalue weighted by atomic mass is 79.9. The first-order valence-corrected chi connectivity index (χ1v) is 9.59. The maximum absolute atomic E-state index is 13.1. The van der Waals surface area contributed by atoms with Crippen molar-refractivity contribution in [1.82, 2.24) is 0 Å². The van der Waals surface area contributed by atoms with Crippen molar-refractivity contribution < 1.29 is 22.7 Å². The van der Waals surface area contributed by atoms with E-state index in [4.69, 9.17) is 16.3 Å². The SMILES string of the molecule is COC(=O)CN(c1cc(Cl)ccc1OC)S(=O)(=O)c1ccc(Br)cc1. The molecule has 0 saturated carbocycles. The van der Waals surface area contributed by atoms with E-state index in [-0.39, 0.29) is 16.3 Å². The summed E-state index contributed by atoms with van der Waals surface area (Å²) in [6.07, 6.45) is 0. The van der Waals surface area contributed by atoms with Crippen LogP contribution >= 0.6 is 27.5 Å². The first-order chi connectivity index (χ1) is 11.8. The monoisotopic (exact) mass is 447 g/mol. The number of carbonyl (C=O) groups excluding carboxylic acids is 1. The molecule has 2 aromatic rings. The lowest BCUT2D eigenvalue weighted by molar-refractivity contribution is -0.138. The lowest BCUT2D eigenvalue weighted by Crippen LogP contribution is -2.36. The van der Waals surface area contributed by atoms with E-state index in [1.54, 1.807) is 18.2 Å². The number of carbonyl (C=O) groups is 1. The molecule has 0 aliphatic rings. The van der Waals surface area contributed by atoms with Gasteiger partial charge in [-0.15, -0.1) is 0 Å². The summed E-state index contributed by atoms with van der Waals surface area (Å²) in [4.78, 5) is 11.8. The van der Waals surface area contributed by atoms with Crippen LogP contribution in [0.25, 0.3) is 0 Å². The third-order valence-electron chi connectivity index (χ3n) is 3.31. The summed E-state index contributed by atoms with van der Waals surface area (Å²) in [6, 6.07) is 10.6. The van der Waals surface area contributed by atoms with Crippen LogP contribution < -0.4 is 9.04 Å². The highest BCUT2D eigenvalue weighted by molar-refractivity contribution is 9.10. The van der Waals surface area contributed by atoms with Crippen LogP contribution in [0.4, 0.5) is 5.69 Å². The van der Waals surface area contributed by atoms with Crippen LogP contribution in [-0.2, 0) is 19.6 Å². The lowest BCUT2D eigenvalue weighted by Gasteiger charge is -2.25. The van der Waals surface area contributed by atoms with E-state index in [2.05, 4.69) is 20.7 Å². The van der Waals surface area contributed by atoms with E-state index in [9.17, 15) is 13.2 Å². The van der Waals surface area contributed by atoms with E-state index >= 15 is 0 Å². The van der Waals surface area contributed by atoms with Gasteiger partial charge in [-0.1, -0.05) is 27.5 Å². The summed E-state index contributed by atoms with van der Waals surface area (Å²) in [6.45, 7) is -0.522. The zero-order valence-electron chi connectivity index (χ0n) is 13.4.